The molecule has 0 saturated carbocycles. The Morgan fingerprint density at radius 3 is 0.899 bits per heavy atom. The Balaban J connectivity index is 0.000000150. The van der Waals surface area contributed by atoms with Crippen molar-refractivity contribution in [3.05, 3.63) is 397 Å². The number of benzene rings is 12. The summed E-state index contributed by atoms with van der Waals surface area (Å²) in [6.45, 7) is 37.0. The first-order valence-corrected chi connectivity index (χ1v) is 46.6. The number of para-hydroxylation sites is 4. The van der Waals surface area contributed by atoms with E-state index in [0.717, 1.165) is 212 Å². The maximum absolute atomic E-state index is 11.9. The summed E-state index contributed by atoms with van der Waals surface area (Å²) in [5, 5.41) is 40.5. The van der Waals surface area contributed by atoms with Crippen LogP contribution >= 0.6 is 0 Å². The molecule has 21 rings (SSSR count). The molecular formula is C124H110N9O3Pt3-3. The zero-order chi connectivity index (χ0) is 95.0. The average Bonchev–Trinajstić information content (AvgIpc) is 1.60. The topological polar surface area (TPSA) is 153 Å². The van der Waals surface area contributed by atoms with Gasteiger partial charge in [-0.2, -0.15) is 0 Å². The van der Waals surface area contributed by atoms with Gasteiger partial charge in [-0.25, -0.2) is 15.0 Å². The van der Waals surface area contributed by atoms with E-state index >= 15 is 0 Å². The molecule has 12 aromatic carbocycles. The van der Waals surface area contributed by atoms with Crippen molar-refractivity contribution in [2.75, 3.05) is 0 Å². The number of aryl methyl sites for hydroxylation is 2. The Morgan fingerprint density at radius 2 is 0.561 bits per heavy atom. The van der Waals surface area contributed by atoms with Crippen LogP contribution in [0.25, 0.3) is 184 Å². The molecule has 9 aromatic heterocycles. The van der Waals surface area contributed by atoms with Gasteiger partial charge in [-0.1, -0.05) is 308 Å². The number of aromatic nitrogens is 9. The van der Waals surface area contributed by atoms with E-state index in [4.69, 9.17) is 29.9 Å². The van der Waals surface area contributed by atoms with Crippen molar-refractivity contribution >= 4 is 65.4 Å². The number of hydrogen-bond acceptors (Lipinski definition) is 9. The van der Waals surface area contributed by atoms with Crippen molar-refractivity contribution in [1.82, 2.24) is 43.6 Å². The first-order chi connectivity index (χ1) is 65.1. The number of hydrogen-bond donors (Lipinski definition) is 3. The van der Waals surface area contributed by atoms with Crippen molar-refractivity contribution in [1.29, 1.82) is 0 Å². The second kappa shape index (κ2) is 39.4. The van der Waals surface area contributed by atoms with Gasteiger partial charge < -0.3 is 44.0 Å². The largest absolute Gasteiger partial charge is 0.507 e. The fourth-order valence-corrected chi connectivity index (χ4v) is 18.3. The molecule has 0 amide bonds. The van der Waals surface area contributed by atoms with Crippen molar-refractivity contribution in [3.8, 4) is 136 Å². The molecule has 9 heterocycles. The second-order valence-corrected chi connectivity index (χ2v) is 40.8. The number of nitrogens with zero attached hydrogens (tertiary/aromatic N) is 9. The normalized spacial score (nSPS) is 11.8. The second-order valence-electron chi connectivity index (χ2n) is 40.8. The number of rotatable bonds is 12. The summed E-state index contributed by atoms with van der Waals surface area (Å²) in [5.41, 5.74) is 29.1. The van der Waals surface area contributed by atoms with Gasteiger partial charge in [-0.15, -0.1) is 71.3 Å². The third-order valence-corrected chi connectivity index (χ3v) is 25.9. The fraction of sp³-hybridized carbons (Fsp3) is 0.177. The summed E-state index contributed by atoms with van der Waals surface area (Å²) in [6, 6.07) is 122. The van der Waals surface area contributed by atoms with Gasteiger partial charge in [0.2, 0.25) is 0 Å². The molecule has 0 radical (unpaired) electrons. The molecule has 3 N–H and O–H groups in total. The monoisotopic (exact) mass is 2360 g/mol. The molecule has 139 heavy (non-hydrogen) atoms. The van der Waals surface area contributed by atoms with Gasteiger partial charge >= 0.3 is 0 Å². The summed E-state index contributed by atoms with van der Waals surface area (Å²) in [5.74, 6) is 3.12. The molecule has 0 fully saturated rings. The number of pyridine rings is 6. The molecule has 0 aliphatic carbocycles. The first kappa shape index (κ1) is 98.5. The molecule has 12 nitrogen and oxygen atoms in total. The van der Waals surface area contributed by atoms with E-state index in [1.165, 1.54) is 5.56 Å². The summed E-state index contributed by atoms with van der Waals surface area (Å²) in [6.07, 6.45) is 5.59. The molecule has 0 saturated heterocycles. The Bertz CT molecular complexity index is 8190. The van der Waals surface area contributed by atoms with Gasteiger partial charge in [0, 0.05) is 121 Å². The maximum Gasteiger partial charge on any atom is 0.137 e. The standard InChI is InChI=1S/C46H46N3O.C40H34N3O.C38H30N3O.3Pt/c1-44(2,3)32-25-36(43(50)37(26-32)46(7,8)9)39-27-33(45(4,5)6)28-42(48-39)49-40-18-14-13-17-34(40)35-20-19-31(24-41(35)49)38-23-30(21-22-47-38)29-15-11-10-12-16-29;1-25-19-26(2)39(44)33(20-25)35-23-30(40(3,4)5)24-38(42-35)43-36-14-10-9-13-31(36)32-16-15-29(22-37(32)43)34-21-28(17-18-41-34)27-11-7-6-8-12-27;1-38(2,3)28-23-33(31-14-8-10-16-36(31)42)40-37(24-28)41-34-15-9-7-13-29(34)30-18-17-27(22-35(30)41)32-21-26(19-20-39-32)25-11-5-4-6-12-25;;;/h10-23,25-28,50H,1-9H3;6-21,23-24,44H,1-5H3;4-21,23-24,42H,1-3H3;;;/q3*-1;;;. The van der Waals surface area contributed by atoms with E-state index in [1.54, 1.807) is 6.07 Å². The van der Waals surface area contributed by atoms with E-state index in [9.17, 15) is 15.3 Å². The minimum absolute atomic E-state index is 0. The van der Waals surface area contributed by atoms with Crippen LogP contribution in [0.1, 0.15) is 143 Å². The Morgan fingerprint density at radius 1 is 0.252 bits per heavy atom. The maximum atomic E-state index is 11.9. The summed E-state index contributed by atoms with van der Waals surface area (Å²) >= 11 is 0. The van der Waals surface area contributed by atoms with Gasteiger partial charge in [0.05, 0.1) is 17.1 Å². The molecule has 0 aliphatic heterocycles. The van der Waals surface area contributed by atoms with Crippen LogP contribution in [0.5, 0.6) is 17.2 Å². The molecule has 0 spiro atoms. The van der Waals surface area contributed by atoms with Gasteiger partial charge in [0.15, 0.2) is 0 Å². The van der Waals surface area contributed by atoms with E-state index in [1.807, 2.05) is 104 Å². The molecular weight excluding hydrogens is 2250 g/mol. The SMILES string of the molecule is CC(C)(C)c1cc(-c2cc(C(C)(C)C)cc(C(C)(C)C)c2O)nc(-n2c3[c-]c(-c4cc(-c5ccccc5)ccn4)ccc3c3ccccc32)c1.CC(C)(C)c1cc(-c2ccccc2O)nc(-n2c3[c-]c(-c4cc(-c5ccccc5)ccn4)ccc3c3ccccc32)c1.Cc1cc(C)c(O)c(-c2cc(C(C)(C)C)cc(-n3c4[c-]c(-c5cc(-c6ccccc6)ccn5)ccc4c4ccccc43)n2)c1.[Pt].[Pt].[Pt]. The van der Waals surface area contributed by atoms with Crippen LogP contribution in [0.15, 0.2) is 340 Å². The van der Waals surface area contributed by atoms with Crippen LogP contribution in [-0.2, 0) is 90.3 Å². The van der Waals surface area contributed by atoms with Crippen molar-refractivity contribution in [2.45, 2.75) is 145 Å². The molecule has 0 aliphatic rings. The molecule has 702 valence electrons. The van der Waals surface area contributed by atoms with Crippen LogP contribution in [-0.4, -0.2) is 58.9 Å². The molecule has 21 aromatic rings. The van der Waals surface area contributed by atoms with Gasteiger partial charge in [0.1, 0.15) is 34.7 Å². The predicted molar refractivity (Wildman–Crippen MR) is 563 cm³/mol. The van der Waals surface area contributed by atoms with Crippen molar-refractivity contribution in [2.24, 2.45) is 0 Å². The Kier molecular flexibility index (Phi) is 27.9. The Labute approximate surface area is 857 Å². The van der Waals surface area contributed by atoms with E-state index in [-0.39, 0.29) is 108 Å². The number of phenolic OH excluding ortho intramolecular Hbond substituents is 3. The van der Waals surface area contributed by atoms with Crippen molar-refractivity contribution in [3.63, 3.8) is 0 Å². The molecule has 0 bridgehead atoms. The first-order valence-electron chi connectivity index (χ1n) is 46.6. The number of fused-ring (bicyclic) bond motifs is 9. The van der Waals surface area contributed by atoms with Crippen LogP contribution in [0, 0.1) is 32.0 Å². The third-order valence-electron chi connectivity index (χ3n) is 25.9. The quantitative estimate of drug-likeness (QED) is 0.101. The van der Waals surface area contributed by atoms with E-state index < -0.39 is 0 Å². The van der Waals surface area contributed by atoms with Crippen LogP contribution in [0.3, 0.4) is 0 Å². The van der Waals surface area contributed by atoms with E-state index in [2.05, 4.69) is 379 Å². The molecule has 0 unspecified atom stereocenters. The zero-order valence-electron chi connectivity index (χ0n) is 81.1. The minimum atomic E-state index is -0.255. The molecule has 15 heteroatoms. The number of phenols is 3. The van der Waals surface area contributed by atoms with Crippen molar-refractivity contribution < 1.29 is 78.5 Å². The summed E-state index contributed by atoms with van der Waals surface area (Å²) < 4.78 is 6.62. The summed E-state index contributed by atoms with van der Waals surface area (Å²) in [7, 11) is 0. The smallest absolute Gasteiger partial charge is 0.137 e. The average molecular weight is 2360 g/mol. The van der Waals surface area contributed by atoms with Crippen LogP contribution in [0.2, 0.25) is 0 Å². The predicted octanol–water partition coefficient (Wildman–Crippen LogP) is 31.3. The van der Waals surface area contributed by atoms with E-state index in [0.29, 0.717) is 5.56 Å². The van der Waals surface area contributed by atoms with Gasteiger partial charge in [0.25, 0.3) is 0 Å². The summed E-state index contributed by atoms with van der Waals surface area (Å²) in [4.78, 5) is 30.0. The third kappa shape index (κ3) is 20.0. The zero-order valence-corrected chi connectivity index (χ0v) is 88.0. The number of aromatic hydroxyl groups is 3. The van der Waals surface area contributed by atoms with Crippen LogP contribution in [0.4, 0.5) is 0 Å². The molecule has 0 atom stereocenters. The Hall–Kier alpha value is -13.6. The van der Waals surface area contributed by atoms with Crippen LogP contribution < -0.4 is 0 Å². The van der Waals surface area contributed by atoms with Gasteiger partial charge in [-0.05, 0) is 255 Å². The fourth-order valence-electron chi connectivity index (χ4n) is 18.3. The minimum Gasteiger partial charge on any atom is -0.507 e. The van der Waals surface area contributed by atoms with Gasteiger partial charge in [-0.3, -0.25) is 0 Å².